The van der Waals surface area contributed by atoms with Gasteiger partial charge in [0.25, 0.3) is 0 Å². The zero-order valence-corrected chi connectivity index (χ0v) is 9.65. The second kappa shape index (κ2) is 3.62. The molecule has 2 nitrogen and oxygen atoms in total. The third-order valence-corrected chi connectivity index (χ3v) is 4.11. The third-order valence-electron chi connectivity index (χ3n) is 4.11. The highest BCUT2D eigenvalue weighted by Gasteiger charge is 2.39. The molecule has 1 saturated carbocycles. The molecule has 1 aliphatic heterocycles. The van der Waals surface area contributed by atoms with Crippen LogP contribution in [0.1, 0.15) is 37.2 Å². The van der Waals surface area contributed by atoms with Crippen LogP contribution in [0.25, 0.3) is 0 Å². The monoisotopic (exact) mass is 215 g/mol. The van der Waals surface area contributed by atoms with Gasteiger partial charge in [-0.05, 0) is 30.4 Å². The van der Waals surface area contributed by atoms with Gasteiger partial charge in [-0.3, -0.25) is 4.79 Å². The van der Waals surface area contributed by atoms with Crippen LogP contribution < -0.4 is 4.90 Å². The highest BCUT2D eigenvalue weighted by Crippen LogP contribution is 2.45. The summed E-state index contributed by atoms with van der Waals surface area (Å²) in [4.78, 5) is 14.1. The van der Waals surface area contributed by atoms with E-state index < -0.39 is 0 Å². The number of fused-ring (bicyclic) bond motifs is 3. The van der Waals surface area contributed by atoms with Gasteiger partial charge in [0.15, 0.2) is 0 Å². The van der Waals surface area contributed by atoms with Crippen LogP contribution >= 0.6 is 0 Å². The van der Waals surface area contributed by atoms with Crippen LogP contribution in [0, 0.1) is 5.92 Å². The smallest absolute Gasteiger partial charge is 0.230 e. The van der Waals surface area contributed by atoms with Crippen molar-refractivity contribution in [3.63, 3.8) is 0 Å². The molecule has 0 radical (unpaired) electrons. The first-order valence-corrected chi connectivity index (χ1v) is 6.15. The van der Waals surface area contributed by atoms with Gasteiger partial charge in [0.1, 0.15) is 0 Å². The Labute approximate surface area is 96.3 Å². The maximum Gasteiger partial charge on any atom is 0.230 e. The fourth-order valence-electron chi connectivity index (χ4n) is 3.27. The van der Waals surface area contributed by atoms with Crippen molar-refractivity contribution in [3.05, 3.63) is 29.8 Å². The molecule has 0 spiro atoms. The molecule has 3 rings (SSSR count). The number of anilines is 1. The van der Waals surface area contributed by atoms with Crippen LogP contribution in [0.3, 0.4) is 0 Å². The van der Waals surface area contributed by atoms with Crippen molar-refractivity contribution in [3.8, 4) is 0 Å². The van der Waals surface area contributed by atoms with Gasteiger partial charge < -0.3 is 4.90 Å². The lowest BCUT2D eigenvalue weighted by Crippen LogP contribution is -2.42. The first-order chi connectivity index (χ1) is 7.79. The molecular weight excluding hydrogens is 198 g/mol. The molecule has 0 saturated heterocycles. The molecule has 1 fully saturated rings. The molecule has 0 N–H and O–H groups in total. The molecule has 0 bridgehead atoms. The predicted molar refractivity (Wildman–Crippen MR) is 64.6 cm³/mol. The van der Waals surface area contributed by atoms with Crippen LogP contribution in [0.5, 0.6) is 0 Å². The van der Waals surface area contributed by atoms with Gasteiger partial charge in [-0.15, -0.1) is 0 Å². The van der Waals surface area contributed by atoms with Crippen LogP contribution in [0.2, 0.25) is 0 Å². The zero-order chi connectivity index (χ0) is 11.1. The quantitative estimate of drug-likeness (QED) is 0.651. The molecule has 2 heteroatoms. The summed E-state index contributed by atoms with van der Waals surface area (Å²) in [5.41, 5.74) is 2.50. The Hall–Kier alpha value is -1.31. The third kappa shape index (κ3) is 1.29. The molecule has 2 atom stereocenters. The Kier molecular flexibility index (Phi) is 2.23. The van der Waals surface area contributed by atoms with Crippen molar-refractivity contribution in [2.75, 3.05) is 11.9 Å². The minimum absolute atomic E-state index is 0.244. The van der Waals surface area contributed by atoms with Crippen molar-refractivity contribution in [1.82, 2.24) is 0 Å². The van der Waals surface area contributed by atoms with Gasteiger partial charge in [-0.2, -0.15) is 0 Å². The lowest BCUT2D eigenvalue weighted by atomic mass is 9.72. The van der Waals surface area contributed by atoms with E-state index in [-0.39, 0.29) is 5.92 Å². The van der Waals surface area contributed by atoms with Crippen LogP contribution in [0.15, 0.2) is 24.3 Å². The van der Waals surface area contributed by atoms with Gasteiger partial charge in [0.2, 0.25) is 5.91 Å². The van der Waals surface area contributed by atoms with Crippen molar-refractivity contribution in [2.24, 2.45) is 5.92 Å². The maximum absolute atomic E-state index is 12.2. The topological polar surface area (TPSA) is 20.3 Å². The van der Waals surface area contributed by atoms with E-state index in [1.807, 2.05) is 18.0 Å². The van der Waals surface area contributed by atoms with Crippen molar-refractivity contribution in [1.29, 1.82) is 0 Å². The van der Waals surface area contributed by atoms with Crippen LogP contribution in [-0.4, -0.2) is 13.0 Å². The van der Waals surface area contributed by atoms with E-state index >= 15 is 0 Å². The zero-order valence-electron chi connectivity index (χ0n) is 9.65. The summed E-state index contributed by atoms with van der Waals surface area (Å²) in [6.45, 7) is 0. The molecule has 1 heterocycles. The van der Waals surface area contributed by atoms with Crippen molar-refractivity contribution >= 4 is 11.6 Å². The van der Waals surface area contributed by atoms with E-state index in [0.29, 0.717) is 11.8 Å². The van der Waals surface area contributed by atoms with E-state index in [4.69, 9.17) is 0 Å². The number of nitrogens with zero attached hydrogens (tertiary/aromatic N) is 1. The summed E-state index contributed by atoms with van der Waals surface area (Å²) < 4.78 is 0. The van der Waals surface area contributed by atoms with Crippen molar-refractivity contribution in [2.45, 2.75) is 31.6 Å². The largest absolute Gasteiger partial charge is 0.315 e. The Morgan fingerprint density at radius 1 is 1.12 bits per heavy atom. The second-order valence-corrected chi connectivity index (χ2v) is 4.95. The van der Waals surface area contributed by atoms with E-state index in [9.17, 15) is 4.79 Å². The Morgan fingerprint density at radius 2 is 1.81 bits per heavy atom. The maximum atomic E-state index is 12.2. The standard InChI is InChI=1S/C14H17NO/c1-15-13-9-5-4-7-11(13)10-6-2-3-8-12(10)14(15)16/h4-5,7,9-10,12H,2-3,6,8H2,1H3. The van der Waals surface area contributed by atoms with E-state index in [2.05, 4.69) is 18.2 Å². The number of hydrogen-bond donors (Lipinski definition) is 0. The first-order valence-electron chi connectivity index (χ1n) is 6.15. The van der Waals surface area contributed by atoms with E-state index in [0.717, 1.165) is 12.1 Å². The molecule has 1 aliphatic carbocycles. The van der Waals surface area contributed by atoms with Gasteiger partial charge in [0, 0.05) is 18.7 Å². The van der Waals surface area contributed by atoms with Gasteiger partial charge in [0.05, 0.1) is 0 Å². The molecule has 16 heavy (non-hydrogen) atoms. The Morgan fingerprint density at radius 3 is 2.62 bits per heavy atom. The number of rotatable bonds is 0. The molecule has 1 aromatic carbocycles. The molecule has 0 aromatic heterocycles. The second-order valence-electron chi connectivity index (χ2n) is 4.95. The van der Waals surface area contributed by atoms with E-state index in [1.54, 1.807) is 0 Å². The molecule has 1 amide bonds. The number of para-hydroxylation sites is 1. The SMILES string of the molecule is CN1C(=O)C2CCCCC2c2ccccc21. The fraction of sp³-hybridized carbons (Fsp3) is 0.500. The molecule has 2 aliphatic rings. The minimum atomic E-state index is 0.244. The first kappa shape index (κ1) is 9.88. The number of hydrogen-bond acceptors (Lipinski definition) is 1. The number of amides is 1. The average molecular weight is 215 g/mol. The number of carbonyl (C=O) groups is 1. The van der Waals surface area contributed by atoms with Crippen LogP contribution in [0.4, 0.5) is 5.69 Å². The summed E-state index contributed by atoms with van der Waals surface area (Å²) in [5, 5.41) is 0. The summed E-state index contributed by atoms with van der Waals surface area (Å²) in [6.07, 6.45) is 4.73. The van der Waals surface area contributed by atoms with Gasteiger partial charge in [-0.1, -0.05) is 31.0 Å². The summed E-state index contributed by atoms with van der Waals surface area (Å²) >= 11 is 0. The summed E-state index contributed by atoms with van der Waals surface area (Å²) in [6, 6.07) is 8.37. The van der Waals surface area contributed by atoms with Gasteiger partial charge >= 0.3 is 0 Å². The Balaban J connectivity index is 2.11. The highest BCUT2D eigenvalue weighted by molar-refractivity contribution is 5.98. The lowest BCUT2D eigenvalue weighted by molar-refractivity contribution is -0.124. The minimum Gasteiger partial charge on any atom is -0.315 e. The predicted octanol–water partition coefficient (Wildman–Crippen LogP) is 2.94. The average Bonchev–Trinajstić information content (AvgIpc) is 2.36. The lowest BCUT2D eigenvalue weighted by Gasteiger charge is -2.40. The highest BCUT2D eigenvalue weighted by atomic mass is 16.2. The normalized spacial score (nSPS) is 28.6. The molecular formula is C14H17NO. The molecule has 84 valence electrons. The summed E-state index contributed by atoms with van der Waals surface area (Å²) in [5.74, 6) is 1.05. The molecule has 2 unspecified atom stereocenters. The summed E-state index contributed by atoms with van der Waals surface area (Å²) in [7, 11) is 1.91. The van der Waals surface area contributed by atoms with Crippen LogP contribution in [-0.2, 0) is 4.79 Å². The Bertz CT molecular complexity index is 426. The molecule has 1 aromatic rings. The van der Waals surface area contributed by atoms with Crippen molar-refractivity contribution < 1.29 is 4.79 Å². The number of benzene rings is 1. The van der Waals surface area contributed by atoms with E-state index in [1.165, 1.54) is 24.8 Å². The number of carbonyl (C=O) groups excluding carboxylic acids is 1. The fourth-order valence-corrected chi connectivity index (χ4v) is 3.27. The van der Waals surface area contributed by atoms with Gasteiger partial charge in [-0.25, -0.2) is 0 Å².